The summed E-state index contributed by atoms with van der Waals surface area (Å²) in [5, 5.41) is 0. The van der Waals surface area contributed by atoms with E-state index in [1.165, 1.54) is 0 Å². The molecule has 13 heavy (non-hydrogen) atoms. The Morgan fingerprint density at radius 1 is 1.31 bits per heavy atom. The number of rotatable bonds is 1. The van der Waals surface area contributed by atoms with Crippen molar-refractivity contribution in [2.45, 2.75) is 0 Å². The Morgan fingerprint density at radius 3 is 2.92 bits per heavy atom. The number of benzene rings is 1. The van der Waals surface area contributed by atoms with Gasteiger partial charge in [0.2, 0.25) is 0 Å². The van der Waals surface area contributed by atoms with Crippen LogP contribution in [0.3, 0.4) is 0 Å². The first-order valence-corrected chi connectivity index (χ1v) is 4.63. The van der Waals surface area contributed by atoms with Gasteiger partial charge < -0.3 is 0 Å². The second-order valence-corrected chi connectivity index (χ2v) is 3.55. The van der Waals surface area contributed by atoms with Crippen LogP contribution in [-0.2, 0) is 0 Å². The Bertz CT molecular complexity index is 465. The lowest BCUT2D eigenvalue weighted by Gasteiger charge is -1.97. The Morgan fingerprint density at radius 2 is 2.15 bits per heavy atom. The van der Waals surface area contributed by atoms with E-state index in [1.807, 2.05) is 18.2 Å². The first-order chi connectivity index (χ1) is 6.29. The molecule has 0 radical (unpaired) electrons. The summed E-state index contributed by atoms with van der Waals surface area (Å²) < 4.78 is 1.01. The maximum Gasteiger partial charge on any atom is 0.0898 e. The van der Waals surface area contributed by atoms with Crippen molar-refractivity contribution >= 4 is 33.0 Å². The number of hydrogen-bond donors (Lipinski definition) is 0. The van der Waals surface area contributed by atoms with E-state index in [1.54, 1.807) is 12.3 Å². The van der Waals surface area contributed by atoms with Gasteiger partial charge in [-0.15, -0.1) is 0 Å². The molecule has 0 saturated heterocycles. The van der Waals surface area contributed by atoms with Crippen LogP contribution in [0.4, 0.5) is 0 Å². The minimum atomic E-state index is 0.801. The summed E-state index contributed by atoms with van der Waals surface area (Å²) in [7, 11) is 0. The van der Waals surface area contributed by atoms with Crippen molar-refractivity contribution in [1.82, 2.24) is 9.97 Å². The average molecular weight is 235 g/mol. The van der Waals surface area contributed by atoms with Gasteiger partial charge in [-0.25, -0.2) is 4.98 Å². The highest BCUT2D eigenvalue weighted by atomic mass is 79.9. The van der Waals surface area contributed by atoms with Crippen LogP contribution in [0.15, 0.2) is 35.4 Å². The zero-order valence-corrected chi connectivity index (χ0v) is 8.45. The van der Waals surface area contributed by atoms with E-state index in [2.05, 4.69) is 32.5 Å². The van der Waals surface area contributed by atoms with Crippen LogP contribution in [0.25, 0.3) is 17.1 Å². The number of halogens is 1. The first kappa shape index (κ1) is 8.38. The fourth-order valence-electron chi connectivity index (χ4n) is 1.10. The standard InChI is InChI=1S/C10H7BrN2/c1-2-8-6-12-10-5-7(11)3-4-9(10)13-8/h2-6H,1H2. The van der Waals surface area contributed by atoms with Gasteiger partial charge in [-0.3, -0.25) is 4.98 Å². The normalized spacial score (nSPS) is 10.2. The monoisotopic (exact) mass is 234 g/mol. The van der Waals surface area contributed by atoms with Crippen LogP contribution < -0.4 is 0 Å². The fourth-order valence-corrected chi connectivity index (χ4v) is 1.45. The Hall–Kier alpha value is -1.22. The largest absolute Gasteiger partial charge is 0.252 e. The molecule has 1 aromatic carbocycles. The molecule has 0 amide bonds. The zero-order valence-electron chi connectivity index (χ0n) is 6.87. The predicted octanol–water partition coefficient (Wildman–Crippen LogP) is 3.04. The number of fused-ring (bicyclic) bond motifs is 1. The fraction of sp³-hybridized carbons (Fsp3) is 0. The molecule has 2 aromatic rings. The first-order valence-electron chi connectivity index (χ1n) is 3.84. The van der Waals surface area contributed by atoms with Crippen LogP contribution in [-0.4, -0.2) is 9.97 Å². The van der Waals surface area contributed by atoms with Gasteiger partial charge in [0.1, 0.15) is 0 Å². The van der Waals surface area contributed by atoms with Crippen molar-refractivity contribution in [2.24, 2.45) is 0 Å². The van der Waals surface area contributed by atoms with Gasteiger partial charge in [-0.1, -0.05) is 22.5 Å². The van der Waals surface area contributed by atoms with Gasteiger partial charge in [-0.05, 0) is 24.3 Å². The molecular weight excluding hydrogens is 228 g/mol. The summed E-state index contributed by atoms with van der Waals surface area (Å²) in [6.45, 7) is 3.64. The molecule has 0 spiro atoms. The van der Waals surface area contributed by atoms with Gasteiger partial charge in [0.15, 0.2) is 0 Å². The van der Waals surface area contributed by atoms with E-state index < -0.39 is 0 Å². The van der Waals surface area contributed by atoms with Crippen molar-refractivity contribution in [3.63, 3.8) is 0 Å². The van der Waals surface area contributed by atoms with Crippen molar-refractivity contribution in [3.8, 4) is 0 Å². The Kier molecular flexibility index (Phi) is 2.10. The second-order valence-electron chi connectivity index (χ2n) is 2.63. The van der Waals surface area contributed by atoms with E-state index in [-0.39, 0.29) is 0 Å². The highest BCUT2D eigenvalue weighted by molar-refractivity contribution is 9.10. The van der Waals surface area contributed by atoms with E-state index in [0.717, 1.165) is 21.2 Å². The molecule has 3 heteroatoms. The molecule has 0 saturated carbocycles. The van der Waals surface area contributed by atoms with Crippen LogP contribution in [0.5, 0.6) is 0 Å². The number of hydrogen-bond acceptors (Lipinski definition) is 2. The van der Waals surface area contributed by atoms with Gasteiger partial charge in [0.25, 0.3) is 0 Å². The van der Waals surface area contributed by atoms with Crippen molar-refractivity contribution < 1.29 is 0 Å². The molecule has 0 unspecified atom stereocenters. The van der Waals surface area contributed by atoms with E-state index in [4.69, 9.17) is 0 Å². The summed E-state index contributed by atoms with van der Waals surface area (Å²) >= 11 is 3.38. The van der Waals surface area contributed by atoms with Gasteiger partial charge in [-0.2, -0.15) is 0 Å². The third-order valence-corrected chi connectivity index (χ3v) is 2.23. The van der Waals surface area contributed by atoms with Crippen molar-refractivity contribution in [3.05, 3.63) is 41.1 Å². The summed E-state index contributed by atoms with van der Waals surface area (Å²) in [4.78, 5) is 8.58. The highest BCUT2D eigenvalue weighted by Crippen LogP contribution is 2.16. The molecular formula is C10H7BrN2. The average Bonchev–Trinajstić information content (AvgIpc) is 2.17. The molecule has 1 heterocycles. The van der Waals surface area contributed by atoms with E-state index >= 15 is 0 Å². The number of aromatic nitrogens is 2. The van der Waals surface area contributed by atoms with Crippen LogP contribution >= 0.6 is 15.9 Å². The molecule has 0 bridgehead atoms. The van der Waals surface area contributed by atoms with Gasteiger partial charge in [0, 0.05) is 4.47 Å². The third-order valence-electron chi connectivity index (χ3n) is 1.73. The summed E-state index contributed by atoms with van der Waals surface area (Å²) in [6, 6.07) is 5.82. The molecule has 0 aliphatic rings. The molecule has 0 atom stereocenters. The SMILES string of the molecule is C=Cc1cnc2cc(Br)ccc2n1. The molecule has 2 rings (SSSR count). The van der Waals surface area contributed by atoms with Gasteiger partial charge in [0.05, 0.1) is 22.9 Å². The molecule has 0 fully saturated rings. The van der Waals surface area contributed by atoms with Crippen LogP contribution in [0.2, 0.25) is 0 Å². The summed E-state index contributed by atoms with van der Waals surface area (Å²) in [6.07, 6.45) is 3.40. The lowest BCUT2D eigenvalue weighted by molar-refractivity contribution is 1.26. The molecule has 0 N–H and O–H groups in total. The topological polar surface area (TPSA) is 25.8 Å². The number of nitrogens with zero attached hydrogens (tertiary/aromatic N) is 2. The van der Waals surface area contributed by atoms with Crippen molar-refractivity contribution in [2.75, 3.05) is 0 Å². The quantitative estimate of drug-likeness (QED) is 0.759. The van der Waals surface area contributed by atoms with E-state index in [9.17, 15) is 0 Å². The molecule has 1 aromatic heterocycles. The van der Waals surface area contributed by atoms with Crippen LogP contribution in [0.1, 0.15) is 5.69 Å². The summed E-state index contributed by atoms with van der Waals surface area (Å²) in [5.74, 6) is 0. The zero-order chi connectivity index (χ0) is 9.26. The minimum absolute atomic E-state index is 0.801. The van der Waals surface area contributed by atoms with Crippen molar-refractivity contribution in [1.29, 1.82) is 0 Å². The van der Waals surface area contributed by atoms with Gasteiger partial charge >= 0.3 is 0 Å². The maximum atomic E-state index is 4.33. The van der Waals surface area contributed by atoms with Crippen LogP contribution in [0, 0.1) is 0 Å². The lowest BCUT2D eigenvalue weighted by atomic mass is 10.3. The Balaban J connectivity index is 2.73. The molecule has 0 aliphatic carbocycles. The highest BCUT2D eigenvalue weighted by Gasteiger charge is 1.97. The molecule has 2 nitrogen and oxygen atoms in total. The van der Waals surface area contributed by atoms with E-state index in [0.29, 0.717) is 0 Å². The lowest BCUT2D eigenvalue weighted by Crippen LogP contribution is -1.86. The predicted molar refractivity (Wildman–Crippen MR) is 57.3 cm³/mol. The third kappa shape index (κ3) is 1.60. The second kappa shape index (κ2) is 3.26. The smallest absolute Gasteiger partial charge is 0.0898 e. The Labute approximate surface area is 84.5 Å². The summed E-state index contributed by atoms with van der Waals surface area (Å²) in [5.41, 5.74) is 2.58. The molecule has 64 valence electrons. The minimum Gasteiger partial charge on any atom is -0.252 e. The maximum absolute atomic E-state index is 4.33. The molecule has 0 aliphatic heterocycles.